The van der Waals surface area contributed by atoms with E-state index in [1.807, 2.05) is 12.1 Å². The van der Waals surface area contributed by atoms with Gasteiger partial charge in [0.15, 0.2) is 0 Å². The highest BCUT2D eigenvalue weighted by Crippen LogP contribution is 2.32. The zero-order valence-corrected chi connectivity index (χ0v) is 11.8. The predicted molar refractivity (Wildman–Crippen MR) is 78.9 cm³/mol. The van der Waals surface area contributed by atoms with Crippen molar-refractivity contribution in [2.24, 2.45) is 0 Å². The zero-order chi connectivity index (χ0) is 15.9. The quantitative estimate of drug-likeness (QED) is 0.788. The first kappa shape index (κ1) is 14.0. The molecule has 0 radical (unpaired) electrons. The summed E-state index contributed by atoms with van der Waals surface area (Å²) in [6.45, 7) is 0.198. The van der Waals surface area contributed by atoms with Crippen LogP contribution in [0.1, 0.15) is 11.3 Å². The molecule has 7 heteroatoms. The molecule has 22 heavy (non-hydrogen) atoms. The number of ether oxygens (including phenoxy) is 1. The van der Waals surface area contributed by atoms with E-state index in [1.54, 1.807) is 13.2 Å². The lowest BCUT2D eigenvalue weighted by Gasteiger charge is -2.12. The molecule has 2 aromatic rings. The lowest BCUT2D eigenvalue weighted by Crippen LogP contribution is -2.25. The average molecular weight is 302 g/mol. The molecule has 3 rings (SSSR count). The molecule has 7 nitrogen and oxygen atoms in total. The Morgan fingerprint density at radius 3 is 2.73 bits per heavy atom. The third kappa shape index (κ3) is 2.16. The number of amides is 1. The molecule has 0 spiro atoms. The van der Waals surface area contributed by atoms with Crippen LogP contribution in [0.5, 0.6) is 5.75 Å². The van der Waals surface area contributed by atoms with E-state index in [1.165, 1.54) is 0 Å². The van der Waals surface area contributed by atoms with Gasteiger partial charge in [-0.15, -0.1) is 0 Å². The van der Waals surface area contributed by atoms with Gasteiger partial charge in [-0.3, -0.25) is 4.90 Å². The van der Waals surface area contributed by atoms with E-state index in [2.05, 4.69) is 4.98 Å². The number of benzene rings is 1. The van der Waals surface area contributed by atoms with E-state index in [4.69, 9.17) is 9.84 Å². The monoisotopic (exact) mass is 302 g/mol. The maximum atomic E-state index is 11.5. The Kier molecular flexibility index (Phi) is 3.25. The number of H-pyrrole nitrogens is 1. The zero-order valence-electron chi connectivity index (χ0n) is 11.8. The molecule has 1 amide bonds. The molecule has 0 fully saturated rings. The van der Waals surface area contributed by atoms with E-state index < -0.39 is 12.1 Å². The van der Waals surface area contributed by atoms with Gasteiger partial charge < -0.3 is 19.9 Å². The highest BCUT2D eigenvalue weighted by atomic mass is 16.5. The Bertz CT molecular complexity index is 806. The third-order valence-electron chi connectivity index (χ3n) is 3.75. The van der Waals surface area contributed by atoms with Crippen molar-refractivity contribution in [3.8, 4) is 5.75 Å². The van der Waals surface area contributed by atoms with Crippen LogP contribution in [-0.4, -0.2) is 45.8 Å². The van der Waals surface area contributed by atoms with Crippen molar-refractivity contribution in [2.45, 2.75) is 6.42 Å². The Morgan fingerprint density at radius 2 is 2.09 bits per heavy atom. The van der Waals surface area contributed by atoms with Crippen molar-refractivity contribution in [1.82, 2.24) is 9.88 Å². The molecule has 0 bridgehead atoms. The number of hydrogen-bond acceptors (Lipinski definition) is 3. The maximum absolute atomic E-state index is 11.5. The number of methoxy groups -OCH3 is 1. The van der Waals surface area contributed by atoms with Gasteiger partial charge in [0.2, 0.25) is 0 Å². The van der Waals surface area contributed by atoms with Crippen molar-refractivity contribution in [2.75, 3.05) is 13.7 Å². The lowest BCUT2D eigenvalue weighted by molar-refractivity contribution is -0.130. The van der Waals surface area contributed by atoms with Crippen molar-refractivity contribution in [1.29, 1.82) is 0 Å². The smallest absolute Gasteiger partial charge is 0.411 e. The molecular weight excluding hydrogens is 288 g/mol. The standard InChI is InChI=1S/C15H14N2O5/c1-22-8-2-3-12-10(6-8)9-4-5-17(15(20)21)7-11(14(18)19)13(9)16-12/h2-3,6-7,16H,4-5H2,1H3,(H,18,19)(H,20,21). The van der Waals surface area contributed by atoms with Gasteiger partial charge in [0.05, 0.1) is 18.4 Å². The molecule has 0 unspecified atom stereocenters. The summed E-state index contributed by atoms with van der Waals surface area (Å²) in [5, 5.41) is 19.4. The van der Waals surface area contributed by atoms with Gasteiger partial charge in [0, 0.05) is 23.6 Å². The van der Waals surface area contributed by atoms with E-state index in [9.17, 15) is 14.7 Å². The van der Waals surface area contributed by atoms with Crippen LogP contribution in [0.3, 0.4) is 0 Å². The molecule has 0 atom stereocenters. The first-order chi connectivity index (χ1) is 10.5. The second kappa shape index (κ2) is 5.10. The van der Waals surface area contributed by atoms with E-state index in [0.717, 1.165) is 27.6 Å². The Morgan fingerprint density at radius 1 is 1.32 bits per heavy atom. The molecule has 1 aromatic heterocycles. The second-order valence-corrected chi connectivity index (χ2v) is 4.96. The number of aromatic amines is 1. The number of carboxylic acids is 1. The molecule has 1 aliphatic rings. The second-order valence-electron chi connectivity index (χ2n) is 4.96. The lowest BCUT2D eigenvalue weighted by atomic mass is 10.0. The summed E-state index contributed by atoms with van der Waals surface area (Å²) in [6, 6.07) is 5.42. The SMILES string of the molecule is COc1ccc2[nH]c3c(c2c1)CCN(C(=O)O)C=C3C(=O)O. The van der Waals surface area contributed by atoms with Crippen LogP contribution >= 0.6 is 0 Å². The van der Waals surface area contributed by atoms with Crippen molar-refractivity contribution < 1.29 is 24.5 Å². The number of fused-ring (bicyclic) bond motifs is 3. The Hall–Kier alpha value is -2.96. The number of rotatable bonds is 2. The van der Waals surface area contributed by atoms with Crippen LogP contribution in [0, 0.1) is 0 Å². The molecular formula is C15H14N2O5. The molecule has 1 aromatic carbocycles. The van der Waals surface area contributed by atoms with E-state index >= 15 is 0 Å². The van der Waals surface area contributed by atoms with Crippen LogP contribution in [0.25, 0.3) is 16.5 Å². The van der Waals surface area contributed by atoms with Crippen LogP contribution in [0.4, 0.5) is 4.79 Å². The molecule has 1 aliphatic heterocycles. The van der Waals surface area contributed by atoms with Gasteiger partial charge in [-0.2, -0.15) is 0 Å². The fourth-order valence-corrected chi connectivity index (χ4v) is 2.67. The summed E-state index contributed by atoms with van der Waals surface area (Å²) >= 11 is 0. The summed E-state index contributed by atoms with van der Waals surface area (Å²) in [6.07, 6.45) is 0.399. The number of carbonyl (C=O) groups is 2. The molecule has 0 saturated carbocycles. The van der Waals surface area contributed by atoms with Gasteiger partial charge in [0.1, 0.15) is 5.75 Å². The molecule has 3 N–H and O–H groups in total. The largest absolute Gasteiger partial charge is 0.497 e. The van der Waals surface area contributed by atoms with Gasteiger partial charge in [-0.1, -0.05) is 0 Å². The highest BCUT2D eigenvalue weighted by Gasteiger charge is 2.26. The first-order valence-electron chi connectivity index (χ1n) is 6.65. The topological polar surface area (TPSA) is 103 Å². The normalized spacial score (nSPS) is 14.2. The molecule has 114 valence electrons. The van der Waals surface area contributed by atoms with Crippen molar-refractivity contribution >= 4 is 28.5 Å². The Labute approximate surface area is 125 Å². The van der Waals surface area contributed by atoms with Gasteiger partial charge in [-0.05, 0) is 30.2 Å². The average Bonchev–Trinajstić information content (AvgIpc) is 2.72. The van der Waals surface area contributed by atoms with Crippen LogP contribution in [-0.2, 0) is 11.2 Å². The number of carboxylic acid groups (broad SMARTS) is 2. The van der Waals surface area contributed by atoms with Crippen molar-refractivity contribution in [3.63, 3.8) is 0 Å². The van der Waals surface area contributed by atoms with Gasteiger partial charge in [-0.25, -0.2) is 9.59 Å². The molecule has 2 heterocycles. The molecule has 0 aliphatic carbocycles. The fraction of sp³-hybridized carbons (Fsp3) is 0.200. The van der Waals surface area contributed by atoms with Gasteiger partial charge in [0.25, 0.3) is 0 Å². The van der Waals surface area contributed by atoms with Crippen LogP contribution < -0.4 is 4.74 Å². The minimum Gasteiger partial charge on any atom is -0.497 e. The van der Waals surface area contributed by atoms with E-state index in [0.29, 0.717) is 17.9 Å². The van der Waals surface area contributed by atoms with Crippen LogP contribution in [0.2, 0.25) is 0 Å². The number of aliphatic carboxylic acids is 1. The maximum Gasteiger partial charge on any atom is 0.411 e. The summed E-state index contributed by atoms with van der Waals surface area (Å²) < 4.78 is 5.20. The summed E-state index contributed by atoms with van der Waals surface area (Å²) in [5.74, 6) is -0.512. The van der Waals surface area contributed by atoms with Crippen LogP contribution in [0.15, 0.2) is 24.4 Å². The Balaban J connectivity index is 2.22. The third-order valence-corrected chi connectivity index (χ3v) is 3.75. The first-order valence-corrected chi connectivity index (χ1v) is 6.65. The molecule has 0 saturated heterocycles. The van der Waals surface area contributed by atoms with Gasteiger partial charge >= 0.3 is 12.1 Å². The highest BCUT2D eigenvalue weighted by molar-refractivity contribution is 6.17. The number of aromatic nitrogens is 1. The number of nitrogens with zero attached hydrogens (tertiary/aromatic N) is 1. The van der Waals surface area contributed by atoms with E-state index in [-0.39, 0.29) is 12.1 Å². The van der Waals surface area contributed by atoms with Crippen molar-refractivity contribution in [3.05, 3.63) is 35.7 Å². The minimum atomic E-state index is -1.18. The fourth-order valence-electron chi connectivity index (χ4n) is 2.67. The minimum absolute atomic E-state index is 0.0648. The number of nitrogens with one attached hydrogen (secondary N) is 1. The summed E-state index contributed by atoms with van der Waals surface area (Å²) in [4.78, 5) is 26.7. The summed E-state index contributed by atoms with van der Waals surface area (Å²) in [5.41, 5.74) is 1.96. The summed E-state index contributed by atoms with van der Waals surface area (Å²) in [7, 11) is 1.56. The number of hydrogen-bond donors (Lipinski definition) is 3. The predicted octanol–water partition coefficient (Wildman–Crippen LogP) is 2.14.